The first-order valence-corrected chi connectivity index (χ1v) is 15.0. The van der Waals surface area contributed by atoms with Gasteiger partial charge in [-0.1, -0.05) is 46.3 Å². The fourth-order valence-electron chi connectivity index (χ4n) is 6.43. The number of imide groups is 1. The lowest BCUT2D eigenvalue weighted by Gasteiger charge is -2.18. The van der Waals surface area contributed by atoms with E-state index < -0.39 is 5.97 Å². The molecule has 4 unspecified atom stereocenters. The number of ether oxygens (including phenoxy) is 1. The van der Waals surface area contributed by atoms with Crippen molar-refractivity contribution in [2.45, 2.75) is 13.3 Å². The third-order valence-electron chi connectivity index (χ3n) is 8.31. The summed E-state index contributed by atoms with van der Waals surface area (Å²) in [6.45, 7) is 1.54. The highest BCUT2D eigenvalue weighted by Gasteiger charge is 2.59. The molecule has 2 bridgehead atoms. The van der Waals surface area contributed by atoms with Gasteiger partial charge in [-0.15, -0.1) is 11.3 Å². The number of halogens is 1. The number of amides is 2. The molecule has 7 nitrogen and oxygen atoms in total. The largest absolute Gasteiger partial charge is 0.454 e. The molecule has 2 fully saturated rings. The van der Waals surface area contributed by atoms with E-state index in [0.717, 1.165) is 16.5 Å². The van der Waals surface area contributed by atoms with Gasteiger partial charge in [0, 0.05) is 15.4 Å². The third kappa shape index (κ3) is 4.26. The van der Waals surface area contributed by atoms with Gasteiger partial charge in [0.2, 0.25) is 17.6 Å². The Bertz CT molecular complexity index is 1770. The molecular formula is C32H23BrN2O5S. The first kappa shape index (κ1) is 26.0. The Morgan fingerprint density at radius 1 is 1.02 bits per heavy atom. The Morgan fingerprint density at radius 3 is 2.39 bits per heavy atom. The van der Waals surface area contributed by atoms with Crippen molar-refractivity contribution in [2.75, 3.05) is 11.5 Å². The molecule has 9 heteroatoms. The fraction of sp³-hybridized carbons (Fsp3) is 0.219. The van der Waals surface area contributed by atoms with Crippen molar-refractivity contribution in [1.82, 2.24) is 4.98 Å². The van der Waals surface area contributed by atoms with Crippen LogP contribution in [0, 0.1) is 30.6 Å². The lowest BCUT2D eigenvalue weighted by atomic mass is 9.85. The van der Waals surface area contributed by atoms with Crippen LogP contribution in [0.15, 0.2) is 76.6 Å². The highest BCUT2D eigenvalue weighted by Crippen LogP contribution is 2.53. The second-order valence-corrected chi connectivity index (χ2v) is 12.6. The summed E-state index contributed by atoms with van der Waals surface area (Å²) >= 11 is 4.80. The van der Waals surface area contributed by atoms with Crippen molar-refractivity contribution < 1.29 is 23.9 Å². The van der Waals surface area contributed by atoms with Crippen molar-refractivity contribution in [3.8, 4) is 11.3 Å². The number of fused-ring (bicyclic) bond motifs is 6. The van der Waals surface area contributed by atoms with Crippen LogP contribution in [0.25, 0.3) is 22.2 Å². The van der Waals surface area contributed by atoms with Crippen LogP contribution < -0.4 is 4.90 Å². The number of anilines is 1. The van der Waals surface area contributed by atoms with Gasteiger partial charge in [-0.2, -0.15) is 0 Å². The maximum atomic E-state index is 13.3. The zero-order valence-electron chi connectivity index (χ0n) is 21.9. The molecule has 1 saturated heterocycles. The number of allylic oxidation sites excluding steroid dienone is 2. The van der Waals surface area contributed by atoms with Crippen LogP contribution in [-0.2, 0) is 14.3 Å². The summed E-state index contributed by atoms with van der Waals surface area (Å²) in [5, 5.41) is 2.40. The van der Waals surface area contributed by atoms with Gasteiger partial charge in [0.1, 0.15) is 0 Å². The molecule has 2 aromatic heterocycles. The molecule has 7 rings (SSSR count). The molecule has 0 spiro atoms. The van der Waals surface area contributed by atoms with Crippen molar-refractivity contribution in [3.05, 3.63) is 92.6 Å². The molecule has 2 aliphatic carbocycles. The Hall–Kier alpha value is -3.95. The zero-order valence-corrected chi connectivity index (χ0v) is 24.3. The highest BCUT2D eigenvalue weighted by molar-refractivity contribution is 9.10. The number of nitrogens with zero attached hydrogens (tertiary/aromatic N) is 2. The number of thiophene rings is 1. The molecule has 2 amide bonds. The van der Waals surface area contributed by atoms with Gasteiger partial charge in [-0.05, 0) is 72.5 Å². The average Bonchev–Trinajstić information content (AvgIpc) is 3.77. The molecule has 1 saturated carbocycles. The number of Topliss-reactive ketones (excluding diaryl/α,β-unsaturated/α-hetero) is 1. The quantitative estimate of drug-likeness (QED) is 0.107. The van der Waals surface area contributed by atoms with Gasteiger partial charge in [0.05, 0.1) is 39.2 Å². The van der Waals surface area contributed by atoms with Crippen LogP contribution in [0.3, 0.4) is 0 Å². The molecular weight excluding hydrogens is 604 g/mol. The summed E-state index contributed by atoms with van der Waals surface area (Å²) < 4.78 is 6.24. The zero-order chi connectivity index (χ0) is 28.4. The maximum Gasteiger partial charge on any atom is 0.339 e. The minimum atomic E-state index is -0.624. The van der Waals surface area contributed by atoms with Crippen molar-refractivity contribution in [2.24, 2.45) is 23.7 Å². The van der Waals surface area contributed by atoms with Crippen molar-refractivity contribution >= 4 is 67.4 Å². The number of hydrogen-bond acceptors (Lipinski definition) is 7. The van der Waals surface area contributed by atoms with Gasteiger partial charge in [-0.25, -0.2) is 9.78 Å². The highest BCUT2D eigenvalue weighted by atomic mass is 79.9. The SMILES string of the molecule is Cc1cc(Br)cc2c(C(=O)OCC(=O)c3cccs3)cc(-c3ccc(N4C(=O)C5C6C=CC(C6)C5C4=O)cc3)nc12. The van der Waals surface area contributed by atoms with E-state index in [4.69, 9.17) is 9.72 Å². The Morgan fingerprint density at radius 2 is 1.73 bits per heavy atom. The van der Waals surface area contributed by atoms with E-state index in [1.54, 1.807) is 47.8 Å². The standard InChI is InChI=1S/C32H23BrN2O5S/c1-16-11-20(33)13-22-23(32(39)40-15-25(36)26-3-2-10-41-26)14-24(34-29(16)22)17-6-8-21(9-7-17)35-30(37)27-18-4-5-19(12-18)28(27)31(35)38/h2-11,13-14,18-19,27-28H,12,15H2,1H3. The number of carbonyl (C=O) groups excluding carboxylic acids is 4. The summed E-state index contributed by atoms with van der Waals surface area (Å²) in [5.74, 6) is -1.37. The van der Waals surface area contributed by atoms with Crippen LogP contribution >= 0.6 is 27.3 Å². The summed E-state index contributed by atoms with van der Waals surface area (Å²) in [4.78, 5) is 58.9. The molecule has 3 heterocycles. The summed E-state index contributed by atoms with van der Waals surface area (Å²) in [5.41, 5.74) is 3.56. The molecule has 4 aromatic rings. The number of carbonyl (C=O) groups is 4. The number of ketones is 1. The summed E-state index contributed by atoms with van der Waals surface area (Å²) in [6, 6.07) is 16.0. The van der Waals surface area contributed by atoms with E-state index in [0.29, 0.717) is 32.7 Å². The summed E-state index contributed by atoms with van der Waals surface area (Å²) in [7, 11) is 0. The first-order valence-electron chi connectivity index (χ1n) is 13.3. The molecule has 3 aliphatic rings. The number of esters is 1. The third-order valence-corrected chi connectivity index (χ3v) is 9.68. The molecule has 204 valence electrons. The minimum Gasteiger partial charge on any atom is -0.454 e. The fourth-order valence-corrected chi connectivity index (χ4v) is 7.65. The number of aromatic nitrogens is 1. The Kier molecular flexibility index (Phi) is 6.24. The van der Waals surface area contributed by atoms with Gasteiger partial charge in [0.25, 0.3) is 0 Å². The average molecular weight is 628 g/mol. The van der Waals surface area contributed by atoms with E-state index in [2.05, 4.69) is 28.1 Å². The van der Waals surface area contributed by atoms with Crippen LogP contribution in [0.4, 0.5) is 5.69 Å². The van der Waals surface area contributed by atoms with Crippen LogP contribution in [0.2, 0.25) is 0 Å². The van der Waals surface area contributed by atoms with E-state index >= 15 is 0 Å². The topological polar surface area (TPSA) is 93.6 Å². The molecule has 0 radical (unpaired) electrons. The normalized spacial score (nSPS) is 22.5. The van der Waals surface area contributed by atoms with E-state index in [9.17, 15) is 19.2 Å². The minimum absolute atomic E-state index is 0.128. The number of pyridine rings is 1. The van der Waals surface area contributed by atoms with Crippen LogP contribution in [0.1, 0.15) is 32.0 Å². The van der Waals surface area contributed by atoms with Gasteiger partial charge in [-0.3, -0.25) is 19.3 Å². The lowest BCUT2D eigenvalue weighted by Crippen LogP contribution is -2.32. The van der Waals surface area contributed by atoms with Gasteiger partial charge in [0.15, 0.2) is 6.61 Å². The Balaban J connectivity index is 1.20. The summed E-state index contributed by atoms with van der Waals surface area (Å²) in [6.07, 6.45) is 5.04. The monoisotopic (exact) mass is 626 g/mol. The molecule has 0 N–H and O–H groups in total. The molecule has 1 aliphatic heterocycles. The number of rotatable bonds is 6. The predicted octanol–water partition coefficient (Wildman–Crippen LogP) is 6.39. The van der Waals surface area contributed by atoms with Crippen LogP contribution in [-0.4, -0.2) is 35.2 Å². The van der Waals surface area contributed by atoms with Gasteiger partial charge >= 0.3 is 5.97 Å². The van der Waals surface area contributed by atoms with Crippen molar-refractivity contribution in [1.29, 1.82) is 0 Å². The lowest BCUT2D eigenvalue weighted by molar-refractivity contribution is -0.123. The maximum absolute atomic E-state index is 13.3. The van der Waals surface area contributed by atoms with E-state index in [1.807, 2.05) is 19.1 Å². The number of aryl methyl sites for hydroxylation is 1. The second-order valence-electron chi connectivity index (χ2n) is 10.7. The Labute approximate surface area is 248 Å². The predicted molar refractivity (Wildman–Crippen MR) is 159 cm³/mol. The van der Waals surface area contributed by atoms with Crippen molar-refractivity contribution in [3.63, 3.8) is 0 Å². The van der Waals surface area contributed by atoms with E-state index in [-0.39, 0.29) is 53.4 Å². The molecule has 2 aromatic carbocycles. The van der Waals surface area contributed by atoms with E-state index in [1.165, 1.54) is 16.2 Å². The van der Waals surface area contributed by atoms with Crippen LogP contribution in [0.5, 0.6) is 0 Å². The molecule has 41 heavy (non-hydrogen) atoms. The van der Waals surface area contributed by atoms with Gasteiger partial charge < -0.3 is 4.74 Å². The molecule has 4 atom stereocenters. The first-order chi connectivity index (χ1) is 19.8. The number of hydrogen-bond donors (Lipinski definition) is 0. The second kappa shape index (κ2) is 9.85. The number of benzene rings is 2. The smallest absolute Gasteiger partial charge is 0.339 e.